The summed E-state index contributed by atoms with van der Waals surface area (Å²) in [6, 6.07) is 4.89. The summed E-state index contributed by atoms with van der Waals surface area (Å²) in [5.41, 5.74) is 0. The normalized spacial score (nSPS) is 22.5. The van der Waals surface area contributed by atoms with Crippen molar-refractivity contribution < 1.29 is 26.3 Å². The molecule has 0 aliphatic carbocycles. The maximum atomic E-state index is 12.6. The number of nitrogens with two attached hydrogens (primary N) is 1. The molecule has 0 atom stereocenters. The summed E-state index contributed by atoms with van der Waals surface area (Å²) in [4.78, 5) is -0.0871. The number of primary sulfonamides is 1. The Morgan fingerprint density at radius 3 is 1.87 bits per heavy atom. The summed E-state index contributed by atoms with van der Waals surface area (Å²) in [5, 5.41) is 5.01. The summed E-state index contributed by atoms with van der Waals surface area (Å²) in [5.74, 6) is -0.649. The molecule has 23 heavy (non-hydrogen) atoms. The van der Waals surface area contributed by atoms with Crippen molar-refractivity contribution in [2.45, 2.75) is 28.4 Å². The van der Waals surface area contributed by atoms with Gasteiger partial charge in [-0.15, -0.1) is 0 Å². The van der Waals surface area contributed by atoms with Crippen LogP contribution in [0.2, 0.25) is 0 Å². The lowest BCUT2D eigenvalue weighted by molar-refractivity contribution is -0.179. The van der Waals surface area contributed by atoms with Gasteiger partial charge in [0.15, 0.2) is 5.79 Å². The first-order valence-corrected chi connectivity index (χ1v) is 10.1. The quantitative estimate of drug-likeness (QED) is 0.800. The molecule has 128 valence electrons. The van der Waals surface area contributed by atoms with Crippen molar-refractivity contribution in [3.05, 3.63) is 24.3 Å². The van der Waals surface area contributed by atoms with Crippen LogP contribution in [0.3, 0.4) is 0 Å². The lowest BCUT2D eigenvalue weighted by Crippen LogP contribution is -2.47. The molecule has 1 spiro atoms. The Morgan fingerprint density at radius 2 is 1.39 bits per heavy atom. The highest BCUT2D eigenvalue weighted by Gasteiger charge is 2.42. The number of hydrogen-bond acceptors (Lipinski definition) is 6. The molecular formula is C13H18N2O6S2. The van der Waals surface area contributed by atoms with Crippen LogP contribution in [0.15, 0.2) is 34.1 Å². The fourth-order valence-corrected chi connectivity index (χ4v) is 4.76. The van der Waals surface area contributed by atoms with E-state index in [1.807, 2.05) is 0 Å². The average Bonchev–Trinajstić information content (AvgIpc) is 2.95. The molecule has 10 heteroatoms. The highest BCUT2D eigenvalue weighted by Crippen LogP contribution is 2.33. The number of benzene rings is 1. The summed E-state index contributed by atoms with van der Waals surface area (Å²) in [6.45, 7) is 1.64. The SMILES string of the molecule is NS(=O)(=O)c1ccc(S(=O)(=O)N2CCC3(CC2)OCCO3)cc1. The Balaban J connectivity index is 1.77. The van der Waals surface area contributed by atoms with Gasteiger partial charge in [-0.25, -0.2) is 22.0 Å². The van der Waals surface area contributed by atoms with Gasteiger partial charge in [-0.2, -0.15) is 4.31 Å². The molecule has 2 aliphatic rings. The van der Waals surface area contributed by atoms with Crippen LogP contribution in [0.25, 0.3) is 0 Å². The van der Waals surface area contributed by atoms with Crippen LogP contribution in [-0.2, 0) is 29.5 Å². The fourth-order valence-electron chi connectivity index (χ4n) is 2.80. The zero-order chi connectivity index (χ0) is 16.7. The highest BCUT2D eigenvalue weighted by molar-refractivity contribution is 7.89. The zero-order valence-corrected chi connectivity index (χ0v) is 14.0. The fraction of sp³-hybridized carbons (Fsp3) is 0.538. The number of piperidine rings is 1. The molecule has 8 nitrogen and oxygen atoms in total. The molecule has 2 aliphatic heterocycles. The minimum atomic E-state index is -3.85. The second-order valence-electron chi connectivity index (χ2n) is 5.53. The zero-order valence-electron chi connectivity index (χ0n) is 12.3. The molecule has 0 radical (unpaired) electrons. The van der Waals surface area contributed by atoms with Crippen LogP contribution in [-0.4, -0.2) is 53.2 Å². The molecule has 1 aromatic carbocycles. The van der Waals surface area contributed by atoms with Crippen molar-refractivity contribution in [3.63, 3.8) is 0 Å². The van der Waals surface area contributed by atoms with Crippen molar-refractivity contribution in [1.82, 2.24) is 4.31 Å². The van der Waals surface area contributed by atoms with E-state index in [0.717, 1.165) is 0 Å². The molecule has 0 unspecified atom stereocenters. The van der Waals surface area contributed by atoms with E-state index >= 15 is 0 Å². The minimum absolute atomic E-state index is 0.0362. The Labute approximate surface area is 135 Å². The van der Waals surface area contributed by atoms with Gasteiger partial charge >= 0.3 is 0 Å². The maximum Gasteiger partial charge on any atom is 0.243 e. The van der Waals surface area contributed by atoms with E-state index in [4.69, 9.17) is 14.6 Å². The third-order valence-electron chi connectivity index (χ3n) is 4.09. The van der Waals surface area contributed by atoms with E-state index in [2.05, 4.69) is 0 Å². The minimum Gasteiger partial charge on any atom is -0.347 e. The van der Waals surface area contributed by atoms with Gasteiger partial charge in [-0.3, -0.25) is 0 Å². The molecule has 2 saturated heterocycles. The molecule has 2 heterocycles. The molecular weight excluding hydrogens is 344 g/mol. The molecule has 0 aromatic heterocycles. The third kappa shape index (κ3) is 3.28. The van der Waals surface area contributed by atoms with Crippen molar-refractivity contribution in [1.29, 1.82) is 0 Å². The first kappa shape index (κ1) is 16.8. The van der Waals surface area contributed by atoms with Gasteiger partial charge < -0.3 is 9.47 Å². The van der Waals surface area contributed by atoms with E-state index in [9.17, 15) is 16.8 Å². The van der Waals surface area contributed by atoms with Crippen LogP contribution < -0.4 is 5.14 Å². The molecule has 2 N–H and O–H groups in total. The smallest absolute Gasteiger partial charge is 0.243 e. The molecule has 1 aromatic rings. The van der Waals surface area contributed by atoms with E-state index in [-0.39, 0.29) is 9.79 Å². The summed E-state index contributed by atoms with van der Waals surface area (Å²) in [6.07, 6.45) is 0.947. The summed E-state index contributed by atoms with van der Waals surface area (Å²) >= 11 is 0. The standard InChI is InChI=1S/C13H18N2O6S2/c14-22(16,17)11-1-3-12(4-2-11)23(18,19)15-7-5-13(6-8-15)20-9-10-21-13/h1-4H,5-10H2,(H2,14,16,17). The van der Waals surface area contributed by atoms with Crippen molar-refractivity contribution in [2.24, 2.45) is 5.14 Å². The number of rotatable bonds is 3. The molecule has 0 bridgehead atoms. The van der Waals surface area contributed by atoms with Crippen molar-refractivity contribution in [2.75, 3.05) is 26.3 Å². The number of hydrogen-bond donors (Lipinski definition) is 1. The Hall–Kier alpha value is -1.04. The molecule has 0 saturated carbocycles. The van der Waals surface area contributed by atoms with Crippen molar-refractivity contribution in [3.8, 4) is 0 Å². The number of ether oxygens (including phenoxy) is 2. The maximum absolute atomic E-state index is 12.6. The predicted molar refractivity (Wildman–Crippen MR) is 80.4 cm³/mol. The monoisotopic (exact) mass is 362 g/mol. The molecule has 3 rings (SSSR count). The number of nitrogens with zero attached hydrogens (tertiary/aromatic N) is 1. The lowest BCUT2D eigenvalue weighted by Gasteiger charge is -2.36. The summed E-state index contributed by atoms with van der Waals surface area (Å²) in [7, 11) is -7.53. The van der Waals surface area contributed by atoms with Gasteiger partial charge in [0.1, 0.15) is 0 Å². The molecule has 0 amide bonds. The van der Waals surface area contributed by atoms with Crippen LogP contribution in [0.4, 0.5) is 0 Å². The van der Waals surface area contributed by atoms with Crippen LogP contribution >= 0.6 is 0 Å². The largest absolute Gasteiger partial charge is 0.347 e. The Bertz CT molecular complexity index is 772. The lowest BCUT2D eigenvalue weighted by atomic mass is 10.1. The topological polar surface area (TPSA) is 116 Å². The van der Waals surface area contributed by atoms with Gasteiger partial charge in [0.05, 0.1) is 23.0 Å². The van der Waals surface area contributed by atoms with E-state index in [0.29, 0.717) is 39.1 Å². The van der Waals surface area contributed by atoms with Gasteiger partial charge in [0.2, 0.25) is 20.0 Å². The third-order valence-corrected chi connectivity index (χ3v) is 6.93. The van der Waals surface area contributed by atoms with E-state index < -0.39 is 25.8 Å². The van der Waals surface area contributed by atoms with Crippen LogP contribution in [0, 0.1) is 0 Å². The van der Waals surface area contributed by atoms with Gasteiger partial charge in [-0.05, 0) is 24.3 Å². The average molecular weight is 362 g/mol. The highest BCUT2D eigenvalue weighted by atomic mass is 32.2. The van der Waals surface area contributed by atoms with Gasteiger partial charge in [0.25, 0.3) is 0 Å². The van der Waals surface area contributed by atoms with Gasteiger partial charge in [0, 0.05) is 25.9 Å². The second kappa shape index (κ2) is 5.80. The second-order valence-corrected chi connectivity index (χ2v) is 9.03. The van der Waals surface area contributed by atoms with Crippen LogP contribution in [0.5, 0.6) is 0 Å². The summed E-state index contributed by atoms with van der Waals surface area (Å²) < 4.78 is 60.2. The molecule has 2 fully saturated rings. The van der Waals surface area contributed by atoms with Crippen LogP contribution in [0.1, 0.15) is 12.8 Å². The van der Waals surface area contributed by atoms with E-state index in [1.54, 1.807) is 0 Å². The number of sulfonamides is 2. The first-order valence-electron chi connectivity index (χ1n) is 7.14. The predicted octanol–water partition coefficient (Wildman–Crippen LogP) is -0.138. The first-order chi connectivity index (χ1) is 10.7. The van der Waals surface area contributed by atoms with E-state index in [1.165, 1.54) is 28.6 Å². The van der Waals surface area contributed by atoms with Crippen molar-refractivity contribution >= 4 is 20.0 Å². The van der Waals surface area contributed by atoms with Gasteiger partial charge in [-0.1, -0.05) is 0 Å². The Kier molecular flexibility index (Phi) is 4.23. The Morgan fingerprint density at radius 1 is 0.913 bits per heavy atom.